The van der Waals surface area contributed by atoms with Crippen LogP contribution in [0.5, 0.6) is 11.5 Å². The van der Waals surface area contributed by atoms with E-state index in [0.29, 0.717) is 56.4 Å². The Labute approximate surface area is 213 Å². The summed E-state index contributed by atoms with van der Waals surface area (Å²) >= 11 is 1.24. The molecule has 2 aromatic carbocycles. The molecule has 1 aliphatic rings. The molecule has 1 amide bonds. The van der Waals surface area contributed by atoms with Gasteiger partial charge in [0, 0.05) is 28.6 Å². The van der Waals surface area contributed by atoms with Crippen LogP contribution in [0.15, 0.2) is 48.5 Å². The van der Waals surface area contributed by atoms with Gasteiger partial charge in [0.15, 0.2) is 5.78 Å². The van der Waals surface area contributed by atoms with E-state index in [0.717, 1.165) is 16.8 Å². The number of thiophene rings is 1. The molecule has 0 saturated heterocycles. The van der Waals surface area contributed by atoms with E-state index in [2.05, 4.69) is 19.2 Å². The van der Waals surface area contributed by atoms with E-state index < -0.39 is 0 Å². The summed E-state index contributed by atoms with van der Waals surface area (Å²) in [6.45, 7) is 4.15. The molecule has 4 aromatic rings. The van der Waals surface area contributed by atoms with Crippen LogP contribution < -0.4 is 20.5 Å². The van der Waals surface area contributed by atoms with Crippen LogP contribution in [-0.4, -0.2) is 30.9 Å². The van der Waals surface area contributed by atoms with Gasteiger partial charge in [-0.2, -0.15) is 0 Å². The van der Waals surface area contributed by atoms with Crippen LogP contribution in [0.2, 0.25) is 0 Å². The number of hydrogen-bond acceptors (Lipinski definition) is 7. The van der Waals surface area contributed by atoms with Gasteiger partial charge < -0.3 is 20.5 Å². The molecule has 0 radical (unpaired) electrons. The van der Waals surface area contributed by atoms with Crippen LogP contribution in [0, 0.1) is 5.41 Å². The molecule has 184 valence electrons. The van der Waals surface area contributed by atoms with E-state index in [1.165, 1.54) is 11.3 Å². The van der Waals surface area contributed by atoms with Crippen LogP contribution >= 0.6 is 11.3 Å². The second-order valence-corrected chi connectivity index (χ2v) is 10.7. The Balaban J connectivity index is 1.68. The van der Waals surface area contributed by atoms with E-state index in [9.17, 15) is 9.59 Å². The number of ketones is 1. The summed E-state index contributed by atoms with van der Waals surface area (Å²) < 4.78 is 10.5. The summed E-state index contributed by atoms with van der Waals surface area (Å²) in [4.78, 5) is 32.5. The first-order valence-electron chi connectivity index (χ1n) is 11.6. The minimum absolute atomic E-state index is 0.0382. The monoisotopic (exact) mass is 501 g/mol. The number of nitrogens with zero attached hydrogens (tertiary/aromatic N) is 1. The van der Waals surface area contributed by atoms with Crippen LogP contribution in [-0.2, 0) is 6.42 Å². The van der Waals surface area contributed by atoms with Crippen LogP contribution in [0.25, 0.3) is 21.3 Å². The van der Waals surface area contributed by atoms with Gasteiger partial charge in [-0.05, 0) is 53.8 Å². The molecule has 7 nitrogen and oxygen atoms in total. The number of nitrogens with one attached hydrogen (secondary N) is 1. The normalized spacial score (nSPS) is 14.4. The first kappa shape index (κ1) is 23.8. The molecule has 1 aliphatic carbocycles. The van der Waals surface area contributed by atoms with Gasteiger partial charge >= 0.3 is 0 Å². The molecule has 0 saturated carbocycles. The lowest BCUT2D eigenvalue weighted by molar-refractivity contribution is 0.0911. The predicted octanol–water partition coefficient (Wildman–Crippen LogP) is 5.97. The Bertz CT molecular complexity index is 1490. The van der Waals surface area contributed by atoms with Crippen molar-refractivity contribution in [3.05, 3.63) is 64.7 Å². The minimum atomic E-state index is -0.328. The summed E-state index contributed by atoms with van der Waals surface area (Å²) in [6.07, 6.45) is 1.09. The SMILES string of the molecule is COc1ccc(NC(=O)c2sc3nc4c(c(-c5ccc(OC)cc5)c3c2N)C(=O)CC(C)(C)C4)cc1. The lowest BCUT2D eigenvalue weighted by Crippen LogP contribution is -2.28. The summed E-state index contributed by atoms with van der Waals surface area (Å²) in [7, 11) is 3.20. The number of anilines is 2. The zero-order valence-corrected chi connectivity index (χ0v) is 21.4. The van der Waals surface area contributed by atoms with E-state index in [1.54, 1.807) is 38.5 Å². The fourth-order valence-corrected chi connectivity index (χ4v) is 5.76. The van der Waals surface area contributed by atoms with Gasteiger partial charge in [-0.15, -0.1) is 11.3 Å². The van der Waals surface area contributed by atoms with Gasteiger partial charge in [-0.1, -0.05) is 26.0 Å². The highest BCUT2D eigenvalue weighted by Crippen LogP contribution is 2.46. The zero-order valence-electron chi connectivity index (χ0n) is 20.6. The standard InChI is InChI=1S/C28H27N3O4S/c1-28(2)13-19-22(20(32)14-28)21(15-5-9-17(34-3)10-6-15)23-24(29)25(36-27(23)31-19)26(33)30-16-7-11-18(35-4)12-8-16/h5-12H,13-14,29H2,1-4H3,(H,30,33). The van der Waals surface area contributed by atoms with Gasteiger partial charge in [0.1, 0.15) is 21.2 Å². The van der Waals surface area contributed by atoms with Crippen molar-refractivity contribution in [1.29, 1.82) is 0 Å². The largest absolute Gasteiger partial charge is 0.497 e. The van der Waals surface area contributed by atoms with Gasteiger partial charge in [-0.3, -0.25) is 9.59 Å². The average molecular weight is 502 g/mol. The second kappa shape index (κ2) is 8.95. The molecule has 0 unspecified atom stereocenters. The number of rotatable bonds is 5. The van der Waals surface area contributed by atoms with Crippen molar-refractivity contribution in [2.24, 2.45) is 5.41 Å². The summed E-state index contributed by atoms with van der Waals surface area (Å²) in [6, 6.07) is 14.6. The van der Waals surface area contributed by atoms with Crippen molar-refractivity contribution in [2.45, 2.75) is 26.7 Å². The molecule has 0 bridgehead atoms. The molecule has 8 heteroatoms. The van der Waals surface area contributed by atoms with E-state index >= 15 is 0 Å². The molecule has 0 fully saturated rings. The van der Waals surface area contributed by atoms with Crippen molar-refractivity contribution < 1.29 is 19.1 Å². The number of carbonyl (C=O) groups excluding carboxylic acids is 2. The number of methoxy groups -OCH3 is 2. The number of benzene rings is 2. The number of aromatic nitrogens is 1. The number of hydrogen-bond donors (Lipinski definition) is 2. The Kier molecular flexibility index (Phi) is 5.92. The van der Waals surface area contributed by atoms with Crippen LogP contribution in [0.1, 0.15) is 46.0 Å². The van der Waals surface area contributed by atoms with Gasteiger partial charge in [0.2, 0.25) is 0 Å². The minimum Gasteiger partial charge on any atom is -0.497 e. The predicted molar refractivity (Wildman–Crippen MR) is 143 cm³/mol. The van der Waals surface area contributed by atoms with E-state index in [-0.39, 0.29) is 17.1 Å². The number of Topliss-reactive ketones (excluding diaryl/α,β-unsaturated/α-hetero) is 1. The maximum atomic E-state index is 13.4. The third kappa shape index (κ3) is 4.18. The molecular weight excluding hydrogens is 474 g/mol. The summed E-state index contributed by atoms with van der Waals surface area (Å²) in [5.41, 5.74) is 10.3. The molecule has 36 heavy (non-hydrogen) atoms. The van der Waals surface area contributed by atoms with Crippen molar-refractivity contribution in [2.75, 3.05) is 25.3 Å². The topological polar surface area (TPSA) is 104 Å². The Morgan fingerprint density at radius 1 is 0.972 bits per heavy atom. The van der Waals surface area contributed by atoms with E-state index in [4.69, 9.17) is 20.2 Å². The first-order valence-corrected chi connectivity index (χ1v) is 12.4. The number of amides is 1. The molecule has 5 rings (SSSR count). The summed E-state index contributed by atoms with van der Waals surface area (Å²) in [5.74, 6) is 1.12. The molecule has 0 spiro atoms. The molecule has 2 heterocycles. The molecular formula is C28H27N3O4S. The van der Waals surface area contributed by atoms with Gasteiger partial charge in [-0.25, -0.2) is 4.98 Å². The lowest BCUT2D eigenvalue weighted by atomic mass is 9.73. The van der Waals surface area contributed by atoms with E-state index in [1.807, 2.05) is 24.3 Å². The van der Waals surface area contributed by atoms with Crippen molar-refractivity contribution in [3.8, 4) is 22.6 Å². The Morgan fingerprint density at radius 3 is 2.19 bits per heavy atom. The highest BCUT2D eigenvalue weighted by molar-refractivity contribution is 7.21. The van der Waals surface area contributed by atoms with Crippen molar-refractivity contribution in [1.82, 2.24) is 4.98 Å². The Morgan fingerprint density at radius 2 is 1.58 bits per heavy atom. The number of pyridine rings is 1. The van der Waals surface area contributed by atoms with Gasteiger partial charge in [0.05, 0.1) is 25.6 Å². The van der Waals surface area contributed by atoms with Crippen molar-refractivity contribution >= 4 is 44.6 Å². The molecule has 2 aromatic heterocycles. The first-order chi connectivity index (χ1) is 17.2. The Hall–Kier alpha value is -3.91. The molecule has 0 atom stereocenters. The maximum absolute atomic E-state index is 13.4. The number of carbonyl (C=O) groups is 2. The van der Waals surface area contributed by atoms with Gasteiger partial charge in [0.25, 0.3) is 5.91 Å². The highest BCUT2D eigenvalue weighted by atomic mass is 32.1. The smallest absolute Gasteiger partial charge is 0.267 e. The zero-order chi connectivity index (χ0) is 25.6. The highest BCUT2D eigenvalue weighted by Gasteiger charge is 2.36. The fraction of sp³-hybridized carbons (Fsp3) is 0.250. The number of fused-ring (bicyclic) bond motifs is 2. The number of nitrogen functional groups attached to an aromatic ring is 1. The number of nitrogens with two attached hydrogens (primary N) is 1. The molecule has 3 N–H and O–H groups in total. The summed E-state index contributed by atoms with van der Waals surface area (Å²) in [5, 5.41) is 3.54. The lowest BCUT2D eigenvalue weighted by Gasteiger charge is -2.31. The fourth-order valence-electron chi connectivity index (χ4n) is 4.74. The second-order valence-electron chi connectivity index (χ2n) is 9.69. The van der Waals surface area contributed by atoms with Crippen LogP contribution in [0.3, 0.4) is 0 Å². The maximum Gasteiger partial charge on any atom is 0.267 e. The third-order valence-corrected chi connectivity index (χ3v) is 7.55. The van der Waals surface area contributed by atoms with Crippen LogP contribution in [0.4, 0.5) is 11.4 Å². The van der Waals surface area contributed by atoms with Crippen molar-refractivity contribution in [3.63, 3.8) is 0 Å². The quantitative estimate of drug-likeness (QED) is 0.349. The third-order valence-electron chi connectivity index (χ3n) is 6.45. The molecule has 0 aliphatic heterocycles. The number of ether oxygens (including phenoxy) is 2. The average Bonchev–Trinajstić information content (AvgIpc) is 3.18.